The van der Waals surface area contributed by atoms with Crippen LogP contribution in [0, 0.1) is 0 Å². The van der Waals surface area contributed by atoms with Gasteiger partial charge in [-0.25, -0.2) is 0 Å². The third-order valence-corrected chi connectivity index (χ3v) is 5.30. The average Bonchev–Trinajstić information content (AvgIpc) is 2.37. The lowest BCUT2D eigenvalue weighted by Gasteiger charge is -2.10. The van der Waals surface area contributed by atoms with Crippen LogP contribution >= 0.6 is 34.4 Å². The Morgan fingerprint density at radius 3 is 2.62 bits per heavy atom. The smallest absolute Gasteiger partial charge is 0.0609 e. The predicted molar refractivity (Wildman–Crippen MR) is 78.3 cm³/mol. The minimum absolute atomic E-state index is 0.469. The highest BCUT2D eigenvalue weighted by atomic mass is 127. The first-order valence-electron chi connectivity index (χ1n) is 5.28. The van der Waals surface area contributed by atoms with E-state index in [0.717, 1.165) is 5.75 Å². The van der Waals surface area contributed by atoms with Crippen LogP contribution in [0.25, 0.3) is 0 Å². The first-order chi connectivity index (χ1) is 7.83. The summed E-state index contributed by atoms with van der Waals surface area (Å²) >= 11 is 4.44. The summed E-state index contributed by atoms with van der Waals surface area (Å²) in [4.78, 5) is 1.38. The molecule has 80 valence electrons. The maximum absolute atomic E-state index is 2.53. The molecule has 0 aliphatic carbocycles. The van der Waals surface area contributed by atoms with Crippen LogP contribution < -0.4 is 0 Å². The van der Waals surface area contributed by atoms with E-state index in [0.29, 0.717) is 3.92 Å². The molecule has 1 atom stereocenters. The van der Waals surface area contributed by atoms with Crippen LogP contribution in [0.2, 0.25) is 0 Å². The van der Waals surface area contributed by atoms with Gasteiger partial charge in [-0.2, -0.15) is 0 Å². The van der Waals surface area contributed by atoms with Crippen molar-refractivity contribution in [2.45, 2.75) is 14.6 Å². The van der Waals surface area contributed by atoms with Gasteiger partial charge in [-0.1, -0.05) is 59.0 Å². The molecule has 0 fully saturated rings. The number of benzene rings is 2. The molecule has 0 N–H and O–H groups in total. The van der Waals surface area contributed by atoms with Gasteiger partial charge in [-0.15, -0.1) is 11.8 Å². The second kappa shape index (κ2) is 4.41. The Kier molecular flexibility index (Phi) is 2.94. The molecule has 0 saturated heterocycles. The molecule has 2 heteroatoms. The SMILES string of the molecule is IC1c2cccc(c2)CSc2cccc1c2. The zero-order valence-electron chi connectivity index (χ0n) is 8.69. The maximum atomic E-state index is 2.53. The van der Waals surface area contributed by atoms with Crippen LogP contribution in [0.1, 0.15) is 20.6 Å². The Bertz CT molecular complexity index is 474. The van der Waals surface area contributed by atoms with Crippen LogP contribution in [0.15, 0.2) is 53.4 Å². The molecule has 1 unspecified atom stereocenters. The summed E-state index contributed by atoms with van der Waals surface area (Å²) < 4.78 is 0.469. The monoisotopic (exact) mass is 338 g/mol. The first kappa shape index (κ1) is 10.7. The minimum atomic E-state index is 0.469. The van der Waals surface area contributed by atoms with Crippen LogP contribution in [0.5, 0.6) is 0 Å². The molecular formula is C14H11IS. The van der Waals surface area contributed by atoms with Crippen molar-refractivity contribution in [3.05, 3.63) is 65.2 Å². The minimum Gasteiger partial charge on any atom is -0.121 e. The fourth-order valence-corrected chi connectivity index (χ4v) is 3.64. The number of rotatable bonds is 0. The molecule has 1 aliphatic heterocycles. The van der Waals surface area contributed by atoms with E-state index in [2.05, 4.69) is 71.1 Å². The molecule has 3 rings (SSSR count). The molecule has 2 aromatic carbocycles. The molecule has 2 aromatic rings. The van der Waals surface area contributed by atoms with Crippen LogP contribution in [0.4, 0.5) is 0 Å². The number of fused-ring (bicyclic) bond motifs is 4. The van der Waals surface area contributed by atoms with E-state index in [-0.39, 0.29) is 0 Å². The summed E-state index contributed by atoms with van der Waals surface area (Å²) in [6, 6.07) is 17.8. The van der Waals surface area contributed by atoms with Crippen molar-refractivity contribution in [3.8, 4) is 0 Å². The van der Waals surface area contributed by atoms with E-state index in [1.165, 1.54) is 21.6 Å². The largest absolute Gasteiger partial charge is 0.121 e. The Hall–Kier alpha value is -0.480. The fourth-order valence-electron chi connectivity index (χ4n) is 1.96. The van der Waals surface area contributed by atoms with Crippen molar-refractivity contribution in [1.29, 1.82) is 0 Å². The molecule has 0 saturated carbocycles. The Morgan fingerprint density at radius 1 is 1.00 bits per heavy atom. The van der Waals surface area contributed by atoms with Gasteiger partial charge in [0.2, 0.25) is 0 Å². The van der Waals surface area contributed by atoms with E-state index < -0.39 is 0 Å². The molecule has 0 nitrogen and oxygen atoms in total. The standard InChI is InChI=1S/C14H11IS/c15-14-11-4-1-3-10(7-11)9-16-13-6-2-5-12(14)8-13/h1-8,14H,9H2. The van der Waals surface area contributed by atoms with Gasteiger partial charge in [0.05, 0.1) is 3.92 Å². The summed E-state index contributed by atoms with van der Waals surface area (Å²) in [6.07, 6.45) is 0. The molecule has 16 heavy (non-hydrogen) atoms. The quantitative estimate of drug-likeness (QED) is 0.490. The topological polar surface area (TPSA) is 0 Å². The first-order valence-corrected chi connectivity index (χ1v) is 7.52. The average molecular weight is 338 g/mol. The van der Waals surface area contributed by atoms with Crippen molar-refractivity contribution < 1.29 is 0 Å². The number of alkyl halides is 1. The lowest BCUT2D eigenvalue weighted by molar-refractivity contribution is 1.18. The van der Waals surface area contributed by atoms with Gasteiger partial charge >= 0.3 is 0 Å². The van der Waals surface area contributed by atoms with Gasteiger partial charge in [-0.3, -0.25) is 0 Å². The van der Waals surface area contributed by atoms with Gasteiger partial charge < -0.3 is 0 Å². The highest BCUT2D eigenvalue weighted by molar-refractivity contribution is 14.1. The molecule has 0 spiro atoms. The van der Waals surface area contributed by atoms with E-state index in [1.807, 2.05) is 11.8 Å². The van der Waals surface area contributed by atoms with Crippen molar-refractivity contribution in [2.75, 3.05) is 0 Å². The summed E-state index contributed by atoms with van der Waals surface area (Å²) in [6.45, 7) is 0. The number of halogens is 1. The molecule has 1 heterocycles. The Labute approximate surface area is 114 Å². The Morgan fingerprint density at radius 2 is 1.75 bits per heavy atom. The van der Waals surface area contributed by atoms with Gasteiger partial charge in [0, 0.05) is 10.6 Å². The van der Waals surface area contributed by atoms with E-state index in [4.69, 9.17) is 0 Å². The lowest BCUT2D eigenvalue weighted by atomic mass is 10.0. The van der Waals surface area contributed by atoms with E-state index in [1.54, 1.807) is 0 Å². The van der Waals surface area contributed by atoms with Gasteiger partial charge in [0.25, 0.3) is 0 Å². The predicted octanol–water partition coefficient (Wildman–Crippen LogP) is 4.82. The van der Waals surface area contributed by atoms with Crippen LogP contribution in [-0.2, 0) is 5.75 Å². The third kappa shape index (κ3) is 2.00. The van der Waals surface area contributed by atoms with Crippen molar-refractivity contribution in [1.82, 2.24) is 0 Å². The maximum Gasteiger partial charge on any atom is 0.0609 e. The van der Waals surface area contributed by atoms with Gasteiger partial charge in [0.15, 0.2) is 0 Å². The van der Waals surface area contributed by atoms with Crippen molar-refractivity contribution in [3.63, 3.8) is 0 Å². The summed E-state index contributed by atoms with van der Waals surface area (Å²) in [5, 5.41) is 0. The number of hydrogen-bond donors (Lipinski definition) is 0. The summed E-state index contributed by atoms with van der Waals surface area (Å²) in [7, 11) is 0. The fraction of sp³-hybridized carbons (Fsp3) is 0.143. The van der Waals surface area contributed by atoms with Gasteiger partial charge in [-0.05, 0) is 28.8 Å². The number of hydrogen-bond acceptors (Lipinski definition) is 1. The summed E-state index contributed by atoms with van der Waals surface area (Å²) in [5.41, 5.74) is 4.24. The highest BCUT2D eigenvalue weighted by Crippen LogP contribution is 2.36. The van der Waals surface area contributed by atoms with Crippen molar-refractivity contribution >= 4 is 34.4 Å². The van der Waals surface area contributed by atoms with E-state index in [9.17, 15) is 0 Å². The molecule has 0 radical (unpaired) electrons. The van der Waals surface area contributed by atoms with E-state index >= 15 is 0 Å². The van der Waals surface area contributed by atoms with Crippen molar-refractivity contribution in [2.24, 2.45) is 0 Å². The normalized spacial score (nSPS) is 18.4. The Balaban J connectivity index is 2.17. The second-order valence-electron chi connectivity index (χ2n) is 3.97. The highest BCUT2D eigenvalue weighted by Gasteiger charge is 2.13. The molecule has 0 aromatic heterocycles. The molecular weight excluding hydrogens is 327 g/mol. The zero-order chi connectivity index (χ0) is 11.0. The summed E-state index contributed by atoms with van der Waals surface area (Å²) in [5.74, 6) is 1.07. The molecule has 1 aliphatic rings. The lowest BCUT2D eigenvalue weighted by Crippen LogP contribution is -1.92. The number of thioether (sulfide) groups is 1. The van der Waals surface area contributed by atoms with Gasteiger partial charge in [0.1, 0.15) is 0 Å². The second-order valence-corrected chi connectivity index (χ2v) is 6.26. The van der Waals surface area contributed by atoms with Crippen LogP contribution in [0.3, 0.4) is 0 Å². The van der Waals surface area contributed by atoms with Crippen LogP contribution in [-0.4, -0.2) is 0 Å². The molecule has 0 amide bonds. The third-order valence-electron chi connectivity index (χ3n) is 2.80. The zero-order valence-corrected chi connectivity index (χ0v) is 11.7. The molecule has 4 bridgehead atoms.